The van der Waals surface area contributed by atoms with Crippen molar-refractivity contribution in [1.82, 2.24) is 15.5 Å². The van der Waals surface area contributed by atoms with Gasteiger partial charge in [0.1, 0.15) is 4.88 Å². The molecule has 3 heterocycles. The van der Waals surface area contributed by atoms with E-state index >= 15 is 0 Å². The van der Waals surface area contributed by atoms with Crippen molar-refractivity contribution in [3.05, 3.63) is 22.3 Å². The van der Waals surface area contributed by atoms with E-state index in [0.29, 0.717) is 16.8 Å². The maximum atomic E-state index is 6.04. The zero-order valence-electron chi connectivity index (χ0n) is 9.15. The zero-order valence-corrected chi connectivity index (χ0v) is 10.7. The summed E-state index contributed by atoms with van der Waals surface area (Å²) in [6, 6.07) is 1.84. The molecular formula is C11H12ClN3OS. The highest BCUT2D eigenvalue weighted by Crippen LogP contribution is 2.33. The molecule has 1 saturated heterocycles. The second kappa shape index (κ2) is 4.76. The quantitative estimate of drug-likeness (QED) is 0.911. The van der Waals surface area contributed by atoms with E-state index in [0.717, 1.165) is 36.6 Å². The summed E-state index contributed by atoms with van der Waals surface area (Å²) in [4.78, 5) is 5.30. The fourth-order valence-corrected chi connectivity index (χ4v) is 3.07. The van der Waals surface area contributed by atoms with Gasteiger partial charge in [0.2, 0.25) is 0 Å². The van der Waals surface area contributed by atoms with Gasteiger partial charge in [0.15, 0.2) is 5.82 Å². The molecule has 1 N–H and O–H groups in total. The molecule has 2 aromatic rings. The number of nitrogens with zero attached hydrogens (tertiary/aromatic N) is 2. The van der Waals surface area contributed by atoms with Gasteiger partial charge < -0.3 is 9.84 Å². The van der Waals surface area contributed by atoms with Crippen LogP contribution < -0.4 is 5.32 Å². The topological polar surface area (TPSA) is 51.0 Å². The monoisotopic (exact) mass is 269 g/mol. The van der Waals surface area contributed by atoms with Gasteiger partial charge in [-0.1, -0.05) is 16.8 Å². The molecule has 1 unspecified atom stereocenters. The second-order valence-corrected chi connectivity index (χ2v) is 5.42. The van der Waals surface area contributed by atoms with Crippen molar-refractivity contribution in [3.63, 3.8) is 0 Å². The van der Waals surface area contributed by atoms with Crippen LogP contribution in [-0.4, -0.2) is 23.2 Å². The Balaban J connectivity index is 1.85. The lowest BCUT2D eigenvalue weighted by molar-refractivity contribution is 0.393. The molecule has 0 saturated carbocycles. The van der Waals surface area contributed by atoms with Crippen molar-refractivity contribution in [2.24, 2.45) is 0 Å². The van der Waals surface area contributed by atoms with E-state index < -0.39 is 0 Å². The number of hydrogen-bond acceptors (Lipinski definition) is 5. The lowest BCUT2D eigenvalue weighted by Gasteiger charge is -2.19. The molecule has 0 spiro atoms. The van der Waals surface area contributed by atoms with Crippen LogP contribution in [0.5, 0.6) is 0 Å². The Labute approximate surface area is 108 Å². The summed E-state index contributed by atoms with van der Waals surface area (Å²) in [7, 11) is 0. The van der Waals surface area contributed by atoms with Gasteiger partial charge in [-0.3, -0.25) is 0 Å². The molecule has 0 aliphatic carbocycles. The van der Waals surface area contributed by atoms with Crippen LogP contribution >= 0.6 is 22.9 Å². The fourth-order valence-electron chi connectivity index (χ4n) is 2.01. The molecule has 1 atom stereocenters. The number of nitrogens with one attached hydrogen (secondary N) is 1. The number of aromatic nitrogens is 2. The summed E-state index contributed by atoms with van der Waals surface area (Å²) in [6.07, 6.45) is 2.28. The van der Waals surface area contributed by atoms with Crippen LogP contribution in [0.2, 0.25) is 5.02 Å². The van der Waals surface area contributed by atoms with Crippen molar-refractivity contribution in [2.45, 2.75) is 18.8 Å². The molecule has 0 aromatic carbocycles. The second-order valence-electron chi connectivity index (χ2n) is 4.10. The summed E-state index contributed by atoms with van der Waals surface area (Å²) in [5.41, 5.74) is 0. The largest absolute Gasteiger partial charge is 0.333 e. The summed E-state index contributed by atoms with van der Waals surface area (Å²) in [6.45, 7) is 2.01. The lowest BCUT2D eigenvalue weighted by atomic mass is 9.99. The van der Waals surface area contributed by atoms with Crippen LogP contribution in [0, 0.1) is 0 Å². The first-order valence-corrected chi connectivity index (χ1v) is 6.88. The smallest absolute Gasteiger partial charge is 0.269 e. The van der Waals surface area contributed by atoms with E-state index in [1.165, 1.54) is 11.3 Å². The average Bonchev–Trinajstić information content (AvgIpc) is 2.98. The third kappa shape index (κ3) is 2.22. The van der Waals surface area contributed by atoms with Gasteiger partial charge >= 0.3 is 0 Å². The van der Waals surface area contributed by atoms with Crippen LogP contribution in [0.3, 0.4) is 0 Å². The number of piperidine rings is 1. The SMILES string of the molecule is Clc1ccsc1-c1nc(C2CCCNC2)no1. The van der Waals surface area contributed by atoms with Crippen molar-refractivity contribution < 1.29 is 4.52 Å². The summed E-state index contributed by atoms with van der Waals surface area (Å²) >= 11 is 7.56. The number of halogens is 1. The van der Waals surface area contributed by atoms with Gasteiger partial charge in [-0.2, -0.15) is 4.98 Å². The Kier molecular flexibility index (Phi) is 3.13. The minimum Gasteiger partial charge on any atom is -0.333 e. The third-order valence-corrected chi connectivity index (χ3v) is 4.24. The highest BCUT2D eigenvalue weighted by Gasteiger charge is 2.22. The van der Waals surface area contributed by atoms with Crippen LogP contribution in [0.25, 0.3) is 10.8 Å². The van der Waals surface area contributed by atoms with E-state index in [1.54, 1.807) is 0 Å². The molecule has 2 aromatic heterocycles. The van der Waals surface area contributed by atoms with Crippen LogP contribution in [0.4, 0.5) is 0 Å². The Morgan fingerprint density at radius 1 is 1.53 bits per heavy atom. The highest BCUT2D eigenvalue weighted by molar-refractivity contribution is 7.14. The zero-order chi connectivity index (χ0) is 11.7. The molecule has 3 rings (SSSR count). The Morgan fingerprint density at radius 3 is 3.18 bits per heavy atom. The van der Waals surface area contributed by atoms with Gasteiger partial charge in [-0.05, 0) is 30.8 Å². The average molecular weight is 270 g/mol. The molecule has 6 heteroatoms. The van der Waals surface area contributed by atoms with Crippen molar-refractivity contribution >= 4 is 22.9 Å². The Bertz CT molecular complexity index is 504. The first-order chi connectivity index (χ1) is 8.34. The van der Waals surface area contributed by atoms with E-state index in [4.69, 9.17) is 16.1 Å². The number of rotatable bonds is 2. The predicted molar refractivity (Wildman–Crippen MR) is 67.5 cm³/mol. The van der Waals surface area contributed by atoms with Crippen LogP contribution in [0.15, 0.2) is 16.0 Å². The van der Waals surface area contributed by atoms with E-state index in [-0.39, 0.29) is 0 Å². The van der Waals surface area contributed by atoms with Gasteiger partial charge in [0.05, 0.1) is 5.02 Å². The van der Waals surface area contributed by atoms with Gasteiger partial charge in [-0.25, -0.2) is 0 Å². The standard InChI is InChI=1S/C11H12ClN3OS/c12-8-3-5-17-9(8)11-14-10(15-16-11)7-2-1-4-13-6-7/h3,5,7,13H,1-2,4,6H2. The molecule has 1 aliphatic rings. The maximum Gasteiger partial charge on any atom is 0.269 e. The molecular weight excluding hydrogens is 258 g/mol. The summed E-state index contributed by atoms with van der Waals surface area (Å²) in [5.74, 6) is 1.68. The number of thiophene rings is 1. The van der Waals surface area contributed by atoms with Crippen LogP contribution in [0.1, 0.15) is 24.6 Å². The molecule has 0 amide bonds. The first kappa shape index (κ1) is 11.2. The molecule has 0 radical (unpaired) electrons. The molecule has 0 bridgehead atoms. The Morgan fingerprint density at radius 2 is 2.47 bits per heavy atom. The van der Waals surface area contributed by atoms with E-state index in [2.05, 4.69) is 15.5 Å². The highest BCUT2D eigenvalue weighted by atomic mass is 35.5. The summed E-state index contributed by atoms with van der Waals surface area (Å²) in [5, 5.41) is 10.00. The first-order valence-electron chi connectivity index (χ1n) is 5.62. The minimum absolute atomic E-state index is 0.361. The predicted octanol–water partition coefficient (Wildman–Crippen LogP) is 2.92. The molecule has 1 aliphatic heterocycles. The van der Waals surface area contributed by atoms with E-state index in [1.807, 2.05) is 11.4 Å². The molecule has 17 heavy (non-hydrogen) atoms. The number of hydrogen-bond donors (Lipinski definition) is 1. The normalized spacial score (nSPS) is 20.6. The van der Waals surface area contributed by atoms with Gasteiger partial charge in [0.25, 0.3) is 5.89 Å². The maximum absolute atomic E-state index is 6.04. The lowest BCUT2D eigenvalue weighted by Crippen LogP contribution is -2.28. The van der Waals surface area contributed by atoms with Gasteiger partial charge in [0, 0.05) is 12.5 Å². The third-order valence-electron chi connectivity index (χ3n) is 2.92. The minimum atomic E-state index is 0.361. The Hall–Kier alpha value is -0.910. The van der Waals surface area contributed by atoms with Crippen molar-refractivity contribution in [3.8, 4) is 10.8 Å². The molecule has 4 nitrogen and oxygen atoms in total. The van der Waals surface area contributed by atoms with Crippen LogP contribution in [-0.2, 0) is 0 Å². The molecule has 1 fully saturated rings. The molecule has 90 valence electrons. The summed E-state index contributed by atoms with van der Waals surface area (Å²) < 4.78 is 5.28. The van der Waals surface area contributed by atoms with Gasteiger partial charge in [-0.15, -0.1) is 11.3 Å². The van der Waals surface area contributed by atoms with Crippen molar-refractivity contribution in [2.75, 3.05) is 13.1 Å². The van der Waals surface area contributed by atoms with E-state index in [9.17, 15) is 0 Å². The fraction of sp³-hybridized carbons (Fsp3) is 0.455. The van der Waals surface area contributed by atoms with Crippen molar-refractivity contribution in [1.29, 1.82) is 0 Å².